The lowest BCUT2D eigenvalue weighted by Crippen LogP contribution is -2.27. The van der Waals surface area contributed by atoms with Crippen molar-refractivity contribution < 1.29 is 4.79 Å². The van der Waals surface area contributed by atoms with Gasteiger partial charge in [-0.3, -0.25) is 4.79 Å². The second-order valence-corrected chi connectivity index (χ2v) is 4.30. The van der Waals surface area contributed by atoms with Crippen molar-refractivity contribution in [1.29, 1.82) is 5.26 Å². The molecule has 1 amide bonds. The lowest BCUT2D eigenvalue weighted by molar-refractivity contribution is -0.122. The summed E-state index contributed by atoms with van der Waals surface area (Å²) in [6.07, 6.45) is 1.37. The minimum atomic E-state index is 0.00895. The van der Waals surface area contributed by atoms with Gasteiger partial charge in [0.2, 0.25) is 5.91 Å². The Morgan fingerprint density at radius 3 is 2.94 bits per heavy atom. The predicted molar refractivity (Wildman–Crippen MR) is 70.5 cm³/mol. The van der Waals surface area contributed by atoms with Gasteiger partial charge >= 0.3 is 0 Å². The van der Waals surface area contributed by atoms with Crippen LogP contribution >= 0.6 is 0 Å². The molecule has 0 aliphatic carbocycles. The van der Waals surface area contributed by atoms with Crippen molar-refractivity contribution in [2.45, 2.75) is 26.3 Å². The van der Waals surface area contributed by atoms with Crippen molar-refractivity contribution >= 4 is 5.91 Å². The summed E-state index contributed by atoms with van der Waals surface area (Å²) in [6.45, 7) is 3.02. The Kier molecular flexibility index (Phi) is 5.89. The van der Waals surface area contributed by atoms with Crippen molar-refractivity contribution in [3.8, 4) is 6.07 Å². The van der Waals surface area contributed by atoms with Gasteiger partial charge in [0.25, 0.3) is 0 Å². The van der Waals surface area contributed by atoms with Crippen LogP contribution in [0.4, 0.5) is 0 Å². The summed E-state index contributed by atoms with van der Waals surface area (Å²) in [6, 6.07) is 9.30. The molecule has 0 bridgehead atoms. The molecule has 0 radical (unpaired) electrons. The molecule has 0 aliphatic heterocycles. The van der Waals surface area contributed by atoms with Gasteiger partial charge in [-0.1, -0.05) is 25.5 Å². The van der Waals surface area contributed by atoms with E-state index in [9.17, 15) is 4.79 Å². The maximum absolute atomic E-state index is 11.7. The van der Waals surface area contributed by atoms with E-state index in [1.54, 1.807) is 12.1 Å². The third-order valence-corrected chi connectivity index (χ3v) is 2.93. The molecule has 1 unspecified atom stereocenters. The molecule has 1 aromatic rings. The zero-order valence-electron chi connectivity index (χ0n) is 10.6. The highest BCUT2D eigenvalue weighted by molar-refractivity contribution is 5.76. The molecular weight excluding hydrogens is 226 g/mol. The largest absolute Gasteiger partial charge is 0.352 e. The maximum Gasteiger partial charge on any atom is 0.220 e. The summed E-state index contributed by atoms with van der Waals surface area (Å²) in [5.74, 6) is 0.255. The lowest BCUT2D eigenvalue weighted by Gasteiger charge is -2.12. The fraction of sp³-hybridized carbons (Fsp3) is 0.429. The summed E-state index contributed by atoms with van der Waals surface area (Å²) in [4.78, 5) is 11.7. The zero-order chi connectivity index (χ0) is 13.4. The van der Waals surface area contributed by atoms with E-state index in [4.69, 9.17) is 11.0 Å². The summed E-state index contributed by atoms with van der Waals surface area (Å²) in [7, 11) is 0. The first kappa shape index (κ1) is 14.2. The molecule has 0 heterocycles. The number of amides is 1. The Balaban J connectivity index is 2.45. The van der Waals surface area contributed by atoms with Crippen LogP contribution in [0, 0.1) is 17.2 Å². The molecule has 96 valence electrons. The van der Waals surface area contributed by atoms with Gasteiger partial charge in [0.05, 0.1) is 11.6 Å². The number of hydrogen-bond acceptors (Lipinski definition) is 3. The number of benzene rings is 1. The van der Waals surface area contributed by atoms with Crippen LogP contribution in [0.15, 0.2) is 24.3 Å². The van der Waals surface area contributed by atoms with Crippen molar-refractivity contribution in [3.05, 3.63) is 35.4 Å². The SMILES string of the molecule is CCC(CN)CC(=O)NCc1cccc(C#N)c1. The molecule has 18 heavy (non-hydrogen) atoms. The Hall–Kier alpha value is -1.86. The maximum atomic E-state index is 11.7. The van der Waals surface area contributed by atoms with E-state index in [1.165, 1.54) is 0 Å². The van der Waals surface area contributed by atoms with Gasteiger partial charge in [0.1, 0.15) is 0 Å². The van der Waals surface area contributed by atoms with Gasteiger partial charge in [-0.15, -0.1) is 0 Å². The van der Waals surface area contributed by atoms with Crippen LogP contribution in [0.3, 0.4) is 0 Å². The van der Waals surface area contributed by atoms with Crippen LogP contribution in [0.25, 0.3) is 0 Å². The van der Waals surface area contributed by atoms with Crippen molar-refractivity contribution in [2.24, 2.45) is 11.7 Å². The van der Waals surface area contributed by atoms with Crippen molar-refractivity contribution in [2.75, 3.05) is 6.54 Å². The molecule has 0 saturated carbocycles. The fourth-order valence-electron chi connectivity index (χ4n) is 1.68. The van der Waals surface area contributed by atoms with E-state index >= 15 is 0 Å². The third-order valence-electron chi connectivity index (χ3n) is 2.93. The quantitative estimate of drug-likeness (QED) is 0.798. The minimum Gasteiger partial charge on any atom is -0.352 e. The van der Waals surface area contributed by atoms with Gasteiger partial charge in [0.15, 0.2) is 0 Å². The molecule has 1 aromatic carbocycles. The summed E-state index contributed by atoms with van der Waals surface area (Å²) in [5, 5.41) is 11.6. The molecule has 4 heteroatoms. The molecule has 0 fully saturated rings. The normalized spacial score (nSPS) is 11.6. The number of nitrogens with one attached hydrogen (secondary N) is 1. The average Bonchev–Trinajstić information content (AvgIpc) is 2.42. The lowest BCUT2D eigenvalue weighted by atomic mass is 10.0. The first-order chi connectivity index (χ1) is 8.69. The first-order valence-corrected chi connectivity index (χ1v) is 6.15. The second-order valence-electron chi connectivity index (χ2n) is 4.30. The molecule has 0 aromatic heterocycles. The number of nitrogens with zero attached hydrogens (tertiary/aromatic N) is 1. The zero-order valence-corrected chi connectivity index (χ0v) is 10.6. The van der Waals surface area contributed by atoms with E-state index in [0.717, 1.165) is 12.0 Å². The number of carbonyl (C=O) groups excluding carboxylic acids is 1. The summed E-state index contributed by atoms with van der Waals surface area (Å²) < 4.78 is 0. The van der Waals surface area contributed by atoms with Gasteiger partial charge in [-0.05, 0) is 30.2 Å². The number of nitriles is 1. The molecule has 0 saturated heterocycles. The number of nitrogens with two attached hydrogens (primary N) is 1. The average molecular weight is 245 g/mol. The van der Waals surface area contributed by atoms with Crippen LogP contribution in [0.5, 0.6) is 0 Å². The van der Waals surface area contributed by atoms with E-state index < -0.39 is 0 Å². The molecule has 4 nitrogen and oxygen atoms in total. The standard InChI is InChI=1S/C14H19N3O/c1-2-11(8-15)7-14(18)17-10-13-5-3-4-12(6-13)9-16/h3-6,11H,2,7-8,10,15H2,1H3,(H,17,18). The molecule has 0 spiro atoms. The number of hydrogen-bond donors (Lipinski definition) is 2. The van der Waals surface area contributed by atoms with Crippen LogP contribution < -0.4 is 11.1 Å². The van der Waals surface area contributed by atoms with Crippen molar-refractivity contribution in [1.82, 2.24) is 5.32 Å². The van der Waals surface area contributed by atoms with Crippen LogP contribution in [-0.4, -0.2) is 12.5 Å². The molecule has 1 atom stereocenters. The van der Waals surface area contributed by atoms with Crippen molar-refractivity contribution in [3.63, 3.8) is 0 Å². The Bertz CT molecular complexity index is 433. The Morgan fingerprint density at radius 2 is 2.33 bits per heavy atom. The van der Waals surface area contributed by atoms with E-state index in [-0.39, 0.29) is 11.8 Å². The van der Waals surface area contributed by atoms with E-state index in [1.807, 2.05) is 19.1 Å². The van der Waals surface area contributed by atoms with Gasteiger partial charge in [-0.25, -0.2) is 0 Å². The topological polar surface area (TPSA) is 78.9 Å². The Labute approximate surface area is 108 Å². The van der Waals surface area contributed by atoms with Gasteiger partial charge in [-0.2, -0.15) is 5.26 Å². The van der Waals surface area contributed by atoms with Gasteiger partial charge in [0, 0.05) is 13.0 Å². The predicted octanol–water partition coefficient (Wildman–Crippen LogP) is 1.55. The van der Waals surface area contributed by atoms with Gasteiger partial charge < -0.3 is 11.1 Å². The molecule has 3 N–H and O–H groups in total. The van der Waals surface area contributed by atoms with E-state index in [2.05, 4.69) is 11.4 Å². The highest BCUT2D eigenvalue weighted by atomic mass is 16.1. The molecule has 1 rings (SSSR count). The summed E-state index contributed by atoms with van der Waals surface area (Å²) in [5.41, 5.74) is 7.10. The second kappa shape index (κ2) is 7.46. The molecular formula is C14H19N3O. The number of carbonyl (C=O) groups is 1. The van der Waals surface area contributed by atoms with Crippen LogP contribution in [0.2, 0.25) is 0 Å². The summed E-state index contributed by atoms with van der Waals surface area (Å²) >= 11 is 0. The first-order valence-electron chi connectivity index (χ1n) is 6.15. The van der Waals surface area contributed by atoms with Crippen LogP contribution in [0.1, 0.15) is 30.9 Å². The Morgan fingerprint density at radius 1 is 1.56 bits per heavy atom. The van der Waals surface area contributed by atoms with Crippen LogP contribution in [-0.2, 0) is 11.3 Å². The third kappa shape index (κ3) is 4.56. The highest BCUT2D eigenvalue weighted by Gasteiger charge is 2.09. The van der Waals surface area contributed by atoms with E-state index in [0.29, 0.717) is 25.1 Å². The minimum absolute atomic E-state index is 0.00895. The monoisotopic (exact) mass is 245 g/mol. The highest BCUT2D eigenvalue weighted by Crippen LogP contribution is 2.07. The smallest absolute Gasteiger partial charge is 0.220 e. The molecule has 0 aliphatic rings. The fourth-order valence-corrected chi connectivity index (χ4v) is 1.68. The number of rotatable bonds is 6.